The van der Waals surface area contributed by atoms with Crippen molar-refractivity contribution in [3.63, 3.8) is 0 Å². The minimum atomic E-state index is 0.0658. The van der Waals surface area contributed by atoms with E-state index in [4.69, 9.17) is 5.73 Å². The van der Waals surface area contributed by atoms with E-state index < -0.39 is 0 Å². The number of nitrogen functional groups attached to an aromatic ring is 1. The van der Waals surface area contributed by atoms with E-state index in [2.05, 4.69) is 26.1 Å². The number of anilines is 1. The normalized spacial score (nSPS) is 22.6. The van der Waals surface area contributed by atoms with Gasteiger partial charge >= 0.3 is 0 Å². The van der Waals surface area contributed by atoms with E-state index in [0.29, 0.717) is 17.4 Å². The molecule has 0 radical (unpaired) electrons. The zero-order valence-corrected chi connectivity index (χ0v) is 14.8. The maximum atomic E-state index is 12.6. The van der Waals surface area contributed by atoms with Crippen molar-refractivity contribution in [2.45, 2.75) is 71.8 Å². The first-order valence-electron chi connectivity index (χ1n) is 8.57. The maximum absolute atomic E-state index is 12.6. The number of thiophene rings is 1. The molecule has 1 saturated carbocycles. The molecule has 3 nitrogen and oxygen atoms in total. The molecule has 0 aliphatic heterocycles. The lowest BCUT2D eigenvalue weighted by Gasteiger charge is -2.33. The minimum absolute atomic E-state index is 0.0658. The SMILES string of the molecule is CC(C)(C)C1CCc2c(sc(N)c2C(=O)NC2CCCC2)C1. The van der Waals surface area contributed by atoms with Crippen LogP contribution in [0.25, 0.3) is 0 Å². The van der Waals surface area contributed by atoms with Gasteiger partial charge in [-0.2, -0.15) is 0 Å². The number of hydrogen-bond donors (Lipinski definition) is 2. The molecular formula is C18H28N2OS. The van der Waals surface area contributed by atoms with Crippen LogP contribution in [0.3, 0.4) is 0 Å². The maximum Gasteiger partial charge on any atom is 0.254 e. The predicted molar refractivity (Wildman–Crippen MR) is 93.4 cm³/mol. The van der Waals surface area contributed by atoms with Crippen LogP contribution in [0.1, 0.15) is 73.7 Å². The highest BCUT2D eigenvalue weighted by atomic mass is 32.1. The molecule has 4 heteroatoms. The summed E-state index contributed by atoms with van der Waals surface area (Å²) in [7, 11) is 0. The second kappa shape index (κ2) is 5.88. The summed E-state index contributed by atoms with van der Waals surface area (Å²) in [4.78, 5) is 14.0. The van der Waals surface area contributed by atoms with Crippen LogP contribution in [0.15, 0.2) is 0 Å². The molecule has 1 atom stereocenters. The molecule has 0 spiro atoms. The van der Waals surface area contributed by atoms with Gasteiger partial charge in [-0.3, -0.25) is 4.79 Å². The third-order valence-corrected chi connectivity index (χ3v) is 6.52. The van der Waals surface area contributed by atoms with Crippen LogP contribution >= 0.6 is 11.3 Å². The van der Waals surface area contributed by atoms with Crippen LogP contribution in [-0.2, 0) is 12.8 Å². The molecule has 2 aliphatic carbocycles. The Morgan fingerprint density at radius 1 is 1.23 bits per heavy atom. The van der Waals surface area contributed by atoms with Gasteiger partial charge in [0.15, 0.2) is 0 Å². The van der Waals surface area contributed by atoms with E-state index in [1.54, 1.807) is 11.3 Å². The van der Waals surface area contributed by atoms with Crippen LogP contribution in [0.5, 0.6) is 0 Å². The minimum Gasteiger partial charge on any atom is -0.390 e. The van der Waals surface area contributed by atoms with Crippen molar-refractivity contribution in [3.05, 3.63) is 16.0 Å². The molecule has 1 aromatic rings. The van der Waals surface area contributed by atoms with E-state index >= 15 is 0 Å². The smallest absolute Gasteiger partial charge is 0.254 e. The van der Waals surface area contributed by atoms with Gasteiger partial charge in [0, 0.05) is 10.9 Å². The number of carbonyl (C=O) groups is 1. The van der Waals surface area contributed by atoms with Gasteiger partial charge in [0.1, 0.15) is 0 Å². The topological polar surface area (TPSA) is 55.1 Å². The highest BCUT2D eigenvalue weighted by Crippen LogP contribution is 2.43. The molecule has 2 aliphatic rings. The second-order valence-corrected chi connectivity index (χ2v) is 9.14. The lowest BCUT2D eigenvalue weighted by atomic mass is 9.72. The fourth-order valence-corrected chi connectivity index (χ4v) is 5.12. The van der Waals surface area contributed by atoms with Crippen LogP contribution in [0, 0.1) is 11.3 Å². The molecule has 22 heavy (non-hydrogen) atoms. The Morgan fingerprint density at radius 3 is 2.55 bits per heavy atom. The summed E-state index contributed by atoms with van der Waals surface area (Å²) in [6, 6.07) is 0.355. The monoisotopic (exact) mass is 320 g/mol. The summed E-state index contributed by atoms with van der Waals surface area (Å²) < 4.78 is 0. The van der Waals surface area contributed by atoms with Crippen LogP contribution in [0.2, 0.25) is 0 Å². The number of nitrogens with two attached hydrogens (primary N) is 1. The Hall–Kier alpha value is -1.03. The van der Waals surface area contributed by atoms with Crippen molar-refractivity contribution in [1.29, 1.82) is 0 Å². The molecule has 1 unspecified atom stereocenters. The zero-order chi connectivity index (χ0) is 15.9. The van der Waals surface area contributed by atoms with E-state index in [-0.39, 0.29) is 5.91 Å². The van der Waals surface area contributed by atoms with Crippen molar-refractivity contribution >= 4 is 22.2 Å². The Kier molecular flexibility index (Phi) is 4.23. The largest absolute Gasteiger partial charge is 0.390 e. The number of rotatable bonds is 2. The average molecular weight is 321 g/mol. The molecule has 1 fully saturated rings. The summed E-state index contributed by atoms with van der Waals surface area (Å²) in [6.45, 7) is 6.94. The number of fused-ring (bicyclic) bond motifs is 1. The van der Waals surface area contributed by atoms with Crippen LogP contribution < -0.4 is 11.1 Å². The number of nitrogens with one attached hydrogen (secondary N) is 1. The van der Waals surface area contributed by atoms with Crippen molar-refractivity contribution in [2.75, 3.05) is 5.73 Å². The second-order valence-electron chi connectivity index (χ2n) is 8.00. The van der Waals surface area contributed by atoms with Crippen LogP contribution in [-0.4, -0.2) is 11.9 Å². The highest BCUT2D eigenvalue weighted by Gasteiger charge is 2.33. The summed E-state index contributed by atoms with van der Waals surface area (Å²) in [6.07, 6.45) is 7.93. The summed E-state index contributed by atoms with van der Waals surface area (Å²) >= 11 is 1.64. The van der Waals surface area contributed by atoms with Gasteiger partial charge in [0.2, 0.25) is 0 Å². The third kappa shape index (κ3) is 3.03. The lowest BCUT2D eigenvalue weighted by molar-refractivity contribution is 0.0937. The average Bonchev–Trinajstić information content (AvgIpc) is 3.02. The van der Waals surface area contributed by atoms with E-state index in [0.717, 1.165) is 42.7 Å². The quantitative estimate of drug-likeness (QED) is 0.860. The number of amides is 1. The first kappa shape index (κ1) is 15.9. The van der Waals surface area contributed by atoms with Gasteiger partial charge < -0.3 is 11.1 Å². The first-order chi connectivity index (χ1) is 10.4. The fraction of sp³-hybridized carbons (Fsp3) is 0.722. The highest BCUT2D eigenvalue weighted by molar-refractivity contribution is 7.16. The molecule has 1 amide bonds. The van der Waals surface area contributed by atoms with Crippen molar-refractivity contribution < 1.29 is 4.79 Å². The van der Waals surface area contributed by atoms with Crippen molar-refractivity contribution in [3.8, 4) is 0 Å². The van der Waals surface area contributed by atoms with Crippen molar-refractivity contribution in [2.24, 2.45) is 11.3 Å². The fourth-order valence-electron chi connectivity index (χ4n) is 3.92. The van der Waals surface area contributed by atoms with E-state index in [1.165, 1.54) is 23.3 Å². The number of hydrogen-bond acceptors (Lipinski definition) is 3. The molecular weight excluding hydrogens is 292 g/mol. The number of carbonyl (C=O) groups excluding carboxylic acids is 1. The third-order valence-electron chi connectivity index (χ3n) is 5.43. The van der Waals surface area contributed by atoms with E-state index in [1.807, 2.05) is 0 Å². The molecule has 1 aromatic heterocycles. The molecule has 122 valence electrons. The van der Waals surface area contributed by atoms with Gasteiger partial charge in [-0.25, -0.2) is 0 Å². The summed E-state index contributed by atoms with van der Waals surface area (Å²) in [5.41, 5.74) is 8.56. The Balaban J connectivity index is 1.79. The summed E-state index contributed by atoms with van der Waals surface area (Å²) in [5.74, 6) is 0.750. The Bertz CT molecular complexity index is 564. The van der Waals surface area contributed by atoms with E-state index in [9.17, 15) is 4.79 Å². The molecule has 0 bridgehead atoms. The summed E-state index contributed by atoms with van der Waals surface area (Å²) in [5, 5.41) is 3.92. The lowest BCUT2D eigenvalue weighted by Crippen LogP contribution is -2.34. The van der Waals surface area contributed by atoms with Crippen LogP contribution in [0.4, 0.5) is 5.00 Å². The molecule has 1 heterocycles. The molecule has 3 N–H and O–H groups in total. The first-order valence-corrected chi connectivity index (χ1v) is 9.38. The van der Waals surface area contributed by atoms with Gasteiger partial charge in [-0.1, -0.05) is 33.6 Å². The van der Waals surface area contributed by atoms with Gasteiger partial charge in [0.25, 0.3) is 5.91 Å². The van der Waals surface area contributed by atoms with Gasteiger partial charge in [-0.15, -0.1) is 11.3 Å². The van der Waals surface area contributed by atoms with Crippen molar-refractivity contribution in [1.82, 2.24) is 5.32 Å². The van der Waals surface area contributed by atoms with Gasteiger partial charge in [0.05, 0.1) is 10.6 Å². The standard InChI is InChI=1S/C18H28N2OS/c1-18(2,3)11-8-9-13-14(10-11)22-16(19)15(13)17(21)20-12-6-4-5-7-12/h11-12H,4-10,19H2,1-3H3,(H,20,21). The predicted octanol–water partition coefficient (Wildman–Crippen LogP) is 4.15. The molecule has 0 saturated heterocycles. The van der Waals surface area contributed by atoms with Gasteiger partial charge in [-0.05, 0) is 49.0 Å². The Morgan fingerprint density at radius 2 is 1.91 bits per heavy atom. The molecule has 3 rings (SSSR count). The zero-order valence-electron chi connectivity index (χ0n) is 14.0. The Labute approximate surface area is 137 Å². The molecule has 0 aromatic carbocycles.